The van der Waals surface area contributed by atoms with Crippen LogP contribution in [0.3, 0.4) is 0 Å². The fourth-order valence-corrected chi connectivity index (χ4v) is 3.37. The molecule has 0 amide bonds. The number of hydrogen-bond donors (Lipinski definition) is 1. The minimum atomic E-state index is 0.128. The molecule has 0 aliphatic carbocycles. The molecule has 0 saturated carbocycles. The summed E-state index contributed by atoms with van der Waals surface area (Å²) in [6, 6.07) is 10.3. The third-order valence-corrected chi connectivity index (χ3v) is 5.04. The Morgan fingerprint density at radius 2 is 1.89 bits per heavy atom. The zero-order chi connectivity index (χ0) is 20.0. The van der Waals surface area contributed by atoms with Gasteiger partial charge in [0.1, 0.15) is 0 Å². The number of nitrogens with zero attached hydrogens (tertiary/aromatic N) is 2. The largest absolute Gasteiger partial charge is 0.385 e. The average molecular weight is 392 g/mol. The van der Waals surface area contributed by atoms with Crippen molar-refractivity contribution in [2.24, 2.45) is 4.99 Å². The van der Waals surface area contributed by atoms with Crippen LogP contribution in [0.4, 0.5) is 0 Å². The van der Waals surface area contributed by atoms with Crippen LogP contribution in [0.5, 0.6) is 0 Å². The number of guanidine groups is 1. The first-order valence-electron chi connectivity index (χ1n) is 10.5. The first-order valence-corrected chi connectivity index (χ1v) is 10.5. The van der Waals surface area contributed by atoms with Crippen molar-refractivity contribution < 1.29 is 14.2 Å². The molecule has 1 aliphatic rings. The van der Waals surface area contributed by atoms with Gasteiger partial charge in [0.25, 0.3) is 0 Å². The lowest BCUT2D eigenvalue weighted by Crippen LogP contribution is -2.47. The molecule has 6 nitrogen and oxygen atoms in total. The van der Waals surface area contributed by atoms with Gasteiger partial charge >= 0.3 is 0 Å². The molecule has 158 valence electrons. The highest BCUT2D eigenvalue weighted by molar-refractivity contribution is 5.79. The highest BCUT2D eigenvalue weighted by atomic mass is 16.5. The van der Waals surface area contributed by atoms with E-state index in [0.29, 0.717) is 6.10 Å². The van der Waals surface area contributed by atoms with E-state index in [4.69, 9.17) is 14.2 Å². The molecule has 0 spiro atoms. The van der Waals surface area contributed by atoms with Crippen LogP contribution in [0.25, 0.3) is 0 Å². The molecule has 1 fully saturated rings. The monoisotopic (exact) mass is 391 g/mol. The standard InChI is InChI=1S/C22H37N3O3/c1-19(20-9-5-4-6-10-20)27-17-7-13-24-22(23-2)25-14-11-21(12-15-25)28-18-8-16-26-3/h4-6,9-10,19,21H,7-8,11-18H2,1-3H3,(H,23,24). The second-order valence-corrected chi connectivity index (χ2v) is 7.15. The van der Waals surface area contributed by atoms with E-state index in [1.165, 1.54) is 5.56 Å². The van der Waals surface area contributed by atoms with E-state index < -0.39 is 0 Å². The molecular weight excluding hydrogens is 354 g/mol. The van der Waals surface area contributed by atoms with E-state index in [2.05, 4.69) is 46.4 Å². The summed E-state index contributed by atoms with van der Waals surface area (Å²) in [5, 5.41) is 3.47. The number of benzene rings is 1. The normalized spacial score (nSPS) is 17.0. The Morgan fingerprint density at radius 3 is 2.57 bits per heavy atom. The summed E-state index contributed by atoms with van der Waals surface area (Å²) in [6.45, 7) is 7.21. The number of hydrogen-bond acceptors (Lipinski definition) is 4. The lowest BCUT2D eigenvalue weighted by atomic mass is 10.1. The smallest absolute Gasteiger partial charge is 0.193 e. The van der Waals surface area contributed by atoms with Gasteiger partial charge in [0.15, 0.2) is 5.96 Å². The quantitative estimate of drug-likeness (QED) is 0.356. The lowest BCUT2D eigenvalue weighted by molar-refractivity contribution is 0.00988. The van der Waals surface area contributed by atoms with Gasteiger partial charge in [-0.3, -0.25) is 4.99 Å². The number of likely N-dealkylation sites (tertiary alicyclic amines) is 1. The van der Waals surface area contributed by atoms with Gasteiger partial charge in [0, 0.05) is 53.6 Å². The zero-order valence-corrected chi connectivity index (χ0v) is 17.7. The Kier molecular flexibility index (Phi) is 10.9. The summed E-state index contributed by atoms with van der Waals surface area (Å²) in [4.78, 5) is 6.76. The van der Waals surface area contributed by atoms with Crippen molar-refractivity contribution in [1.82, 2.24) is 10.2 Å². The Hall–Kier alpha value is -1.63. The summed E-state index contributed by atoms with van der Waals surface area (Å²) in [6.07, 6.45) is 4.50. The van der Waals surface area contributed by atoms with Gasteiger partial charge < -0.3 is 24.4 Å². The number of ether oxygens (including phenoxy) is 3. The summed E-state index contributed by atoms with van der Waals surface area (Å²) in [5.74, 6) is 0.981. The number of piperidine rings is 1. The van der Waals surface area contributed by atoms with Crippen molar-refractivity contribution >= 4 is 5.96 Å². The van der Waals surface area contributed by atoms with E-state index in [1.54, 1.807) is 7.11 Å². The maximum atomic E-state index is 5.94. The Morgan fingerprint density at radius 1 is 1.14 bits per heavy atom. The second kappa shape index (κ2) is 13.5. The molecule has 0 radical (unpaired) electrons. The summed E-state index contributed by atoms with van der Waals surface area (Å²) >= 11 is 0. The molecular formula is C22H37N3O3. The molecule has 1 atom stereocenters. The minimum absolute atomic E-state index is 0.128. The average Bonchev–Trinajstić information content (AvgIpc) is 2.75. The molecule has 28 heavy (non-hydrogen) atoms. The second-order valence-electron chi connectivity index (χ2n) is 7.15. The van der Waals surface area contributed by atoms with E-state index in [-0.39, 0.29) is 6.10 Å². The van der Waals surface area contributed by atoms with Crippen molar-refractivity contribution in [3.05, 3.63) is 35.9 Å². The van der Waals surface area contributed by atoms with Gasteiger partial charge in [-0.2, -0.15) is 0 Å². The third-order valence-electron chi connectivity index (χ3n) is 5.04. The van der Waals surface area contributed by atoms with Crippen molar-refractivity contribution in [2.75, 3.05) is 53.6 Å². The molecule has 1 heterocycles. The van der Waals surface area contributed by atoms with Crippen LogP contribution < -0.4 is 5.32 Å². The first-order chi connectivity index (χ1) is 13.7. The van der Waals surface area contributed by atoms with Crippen LogP contribution in [0, 0.1) is 0 Å². The van der Waals surface area contributed by atoms with Crippen LogP contribution in [-0.2, 0) is 14.2 Å². The van der Waals surface area contributed by atoms with E-state index in [9.17, 15) is 0 Å². The Labute approximate surface area is 170 Å². The number of rotatable bonds is 11. The summed E-state index contributed by atoms with van der Waals surface area (Å²) < 4.78 is 16.9. The fourth-order valence-electron chi connectivity index (χ4n) is 3.37. The van der Waals surface area contributed by atoms with Crippen molar-refractivity contribution in [2.45, 2.75) is 44.8 Å². The van der Waals surface area contributed by atoms with Crippen molar-refractivity contribution in [1.29, 1.82) is 0 Å². The molecule has 0 aromatic heterocycles. The van der Waals surface area contributed by atoms with Gasteiger partial charge in [0.05, 0.1) is 12.2 Å². The van der Waals surface area contributed by atoms with Gasteiger partial charge in [-0.1, -0.05) is 30.3 Å². The third kappa shape index (κ3) is 8.17. The molecule has 1 aromatic rings. The van der Waals surface area contributed by atoms with Crippen LogP contribution in [0.2, 0.25) is 0 Å². The molecule has 1 aromatic carbocycles. The predicted octanol–water partition coefficient (Wildman–Crippen LogP) is 3.25. The number of nitrogens with one attached hydrogen (secondary N) is 1. The fraction of sp³-hybridized carbons (Fsp3) is 0.682. The van der Waals surface area contributed by atoms with Crippen LogP contribution in [-0.4, -0.2) is 70.6 Å². The maximum Gasteiger partial charge on any atom is 0.193 e. The summed E-state index contributed by atoms with van der Waals surface area (Å²) in [5.41, 5.74) is 1.22. The van der Waals surface area contributed by atoms with Crippen molar-refractivity contribution in [3.8, 4) is 0 Å². The van der Waals surface area contributed by atoms with E-state index in [0.717, 1.165) is 71.1 Å². The Balaban J connectivity index is 1.58. The Bertz CT molecular complexity index is 545. The molecule has 1 aliphatic heterocycles. The van der Waals surface area contributed by atoms with E-state index in [1.807, 2.05) is 13.1 Å². The molecule has 6 heteroatoms. The molecule has 2 rings (SSSR count). The van der Waals surface area contributed by atoms with Crippen LogP contribution in [0.1, 0.15) is 44.3 Å². The van der Waals surface area contributed by atoms with Gasteiger partial charge in [-0.25, -0.2) is 0 Å². The highest BCUT2D eigenvalue weighted by Crippen LogP contribution is 2.16. The van der Waals surface area contributed by atoms with Crippen LogP contribution in [0.15, 0.2) is 35.3 Å². The van der Waals surface area contributed by atoms with E-state index >= 15 is 0 Å². The summed E-state index contributed by atoms with van der Waals surface area (Å²) in [7, 11) is 3.58. The van der Waals surface area contributed by atoms with Gasteiger partial charge in [-0.05, 0) is 38.2 Å². The minimum Gasteiger partial charge on any atom is -0.385 e. The first kappa shape index (κ1) is 22.7. The van der Waals surface area contributed by atoms with Crippen molar-refractivity contribution in [3.63, 3.8) is 0 Å². The molecule has 1 saturated heterocycles. The van der Waals surface area contributed by atoms with Gasteiger partial charge in [-0.15, -0.1) is 0 Å². The van der Waals surface area contributed by atoms with Gasteiger partial charge in [0.2, 0.25) is 0 Å². The SMILES string of the molecule is CN=C(NCCCOC(C)c1ccccc1)N1CCC(OCCCOC)CC1. The highest BCUT2D eigenvalue weighted by Gasteiger charge is 2.21. The molecule has 1 N–H and O–H groups in total. The molecule has 1 unspecified atom stereocenters. The maximum absolute atomic E-state index is 5.94. The topological polar surface area (TPSA) is 55.3 Å². The number of aliphatic imine (C=N–C) groups is 1. The lowest BCUT2D eigenvalue weighted by Gasteiger charge is -2.34. The predicted molar refractivity (Wildman–Crippen MR) is 114 cm³/mol. The molecule has 0 bridgehead atoms. The zero-order valence-electron chi connectivity index (χ0n) is 17.7. The van der Waals surface area contributed by atoms with Crippen LogP contribution >= 0.6 is 0 Å². The number of methoxy groups -OCH3 is 1.